The minimum absolute atomic E-state index is 0.0505. The van der Waals surface area contributed by atoms with Crippen LogP contribution in [0.25, 0.3) is 0 Å². The van der Waals surface area contributed by atoms with E-state index in [1.54, 1.807) is 12.3 Å². The molecule has 108 valence electrons. The minimum atomic E-state index is 0.0505. The number of pyridine rings is 1. The first kappa shape index (κ1) is 13.5. The largest absolute Gasteiger partial charge is 0.336 e. The minimum Gasteiger partial charge on any atom is -0.336 e. The quantitative estimate of drug-likeness (QED) is 0.868. The van der Waals surface area contributed by atoms with Crippen LogP contribution in [0.1, 0.15) is 35.3 Å². The predicted molar refractivity (Wildman–Crippen MR) is 77.2 cm³/mol. The first-order valence-electron chi connectivity index (χ1n) is 7.35. The number of nitrogens with two attached hydrogens (primary N) is 1. The number of nitrogens with zero attached hydrogens (tertiary/aromatic N) is 3. The average Bonchev–Trinajstić information content (AvgIpc) is 2.72. The van der Waals surface area contributed by atoms with Crippen molar-refractivity contribution in [3.63, 3.8) is 0 Å². The fraction of sp³-hybridized carbons (Fsp3) is 0.600. The second kappa shape index (κ2) is 5.50. The molecule has 0 spiro atoms. The van der Waals surface area contributed by atoms with E-state index in [4.69, 9.17) is 5.73 Å². The van der Waals surface area contributed by atoms with Crippen LogP contribution < -0.4 is 5.73 Å². The smallest absolute Gasteiger partial charge is 0.272 e. The van der Waals surface area contributed by atoms with E-state index in [9.17, 15) is 4.79 Å². The van der Waals surface area contributed by atoms with E-state index in [0.29, 0.717) is 24.3 Å². The molecule has 2 saturated heterocycles. The van der Waals surface area contributed by atoms with Gasteiger partial charge in [0.15, 0.2) is 0 Å². The molecule has 2 atom stereocenters. The van der Waals surface area contributed by atoms with Crippen molar-refractivity contribution in [3.8, 4) is 0 Å². The molecular formula is C15H22N4O. The van der Waals surface area contributed by atoms with Crippen molar-refractivity contribution in [1.82, 2.24) is 14.8 Å². The van der Waals surface area contributed by atoms with Gasteiger partial charge in [0, 0.05) is 37.9 Å². The number of carbonyl (C=O) groups excluding carboxylic acids is 1. The van der Waals surface area contributed by atoms with Crippen molar-refractivity contribution in [2.45, 2.75) is 37.9 Å². The Bertz CT molecular complexity index is 487. The third-order valence-corrected chi connectivity index (χ3v) is 4.72. The van der Waals surface area contributed by atoms with Gasteiger partial charge in [0.25, 0.3) is 5.91 Å². The molecule has 2 fully saturated rings. The second-order valence-corrected chi connectivity index (χ2v) is 5.85. The lowest BCUT2D eigenvalue weighted by Crippen LogP contribution is -2.40. The summed E-state index contributed by atoms with van der Waals surface area (Å²) in [6, 6.07) is 4.83. The van der Waals surface area contributed by atoms with Crippen molar-refractivity contribution >= 4 is 5.91 Å². The molecule has 1 aromatic heterocycles. The van der Waals surface area contributed by atoms with Crippen LogP contribution in [0.2, 0.25) is 0 Å². The predicted octanol–water partition coefficient (Wildman–Crippen LogP) is 0.849. The topological polar surface area (TPSA) is 62.5 Å². The summed E-state index contributed by atoms with van der Waals surface area (Å²) >= 11 is 0. The molecule has 0 saturated carbocycles. The van der Waals surface area contributed by atoms with E-state index < -0.39 is 0 Å². The lowest BCUT2D eigenvalue weighted by molar-refractivity contribution is 0.0734. The highest BCUT2D eigenvalue weighted by Gasteiger charge is 2.36. The average molecular weight is 274 g/mol. The first-order chi connectivity index (χ1) is 9.69. The van der Waals surface area contributed by atoms with Crippen LogP contribution in [0.5, 0.6) is 0 Å². The fourth-order valence-electron chi connectivity index (χ4n) is 3.33. The summed E-state index contributed by atoms with van der Waals surface area (Å²) in [5, 5.41) is 0. The number of hydrogen-bond acceptors (Lipinski definition) is 4. The molecule has 1 aromatic rings. The zero-order chi connectivity index (χ0) is 14.1. The van der Waals surface area contributed by atoms with Gasteiger partial charge in [-0.15, -0.1) is 0 Å². The molecule has 2 unspecified atom stereocenters. The van der Waals surface area contributed by atoms with E-state index in [-0.39, 0.29) is 5.91 Å². The standard InChI is InChI=1S/C15H22N4O/c1-18-12-3-4-13(18)10-19(7-6-12)15(20)14-5-2-11(8-16)9-17-14/h2,5,9,12-13H,3-4,6-8,10,16H2,1H3. The molecular weight excluding hydrogens is 252 g/mol. The molecule has 1 amide bonds. The first-order valence-corrected chi connectivity index (χ1v) is 7.35. The SMILES string of the molecule is CN1C2CCC1CN(C(=O)c1ccc(CN)cn1)CC2. The normalized spacial score (nSPS) is 26.6. The van der Waals surface area contributed by atoms with Crippen LogP contribution in [0.3, 0.4) is 0 Å². The maximum atomic E-state index is 12.5. The molecule has 2 aliphatic rings. The number of likely N-dealkylation sites (N-methyl/N-ethyl adjacent to an activating group) is 1. The highest BCUT2D eigenvalue weighted by atomic mass is 16.2. The fourth-order valence-corrected chi connectivity index (χ4v) is 3.33. The monoisotopic (exact) mass is 274 g/mol. The van der Waals surface area contributed by atoms with Gasteiger partial charge in [-0.1, -0.05) is 6.07 Å². The summed E-state index contributed by atoms with van der Waals surface area (Å²) in [5.74, 6) is 0.0505. The van der Waals surface area contributed by atoms with Crippen molar-refractivity contribution in [3.05, 3.63) is 29.6 Å². The van der Waals surface area contributed by atoms with Gasteiger partial charge in [0.05, 0.1) is 0 Å². The van der Waals surface area contributed by atoms with Gasteiger partial charge in [-0.25, -0.2) is 0 Å². The molecule has 0 aromatic carbocycles. The Kier molecular flexibility index (Phi) is 3.72. The molecule has 5 nitrogen and oxygen atoms in total. The van der Waals surface area contributed by atoms with E-state index in [0.717, 1.165) is 25.1 Å². The Morgan fingerprint density at radius 2 is 2.15 bits per heavy atom. The molecule has 5 heteroatoms. The summed E-state index contributed by atoms with van der Waals surface area (Å²) in [6.45, 7) is 2.12. The Morgan fingerprint density at radius 1 is 1.35 bits per heavy atom. The Morgan fingerprint density at radius 3 is 2.85 bits per heavy atom. The zero-order valence-corrected chi connectivity index (χ0v) is 12.0. The lowest BCUT2D eigenvalue weighted by Gasteiger charge is -2.25. The van der Waals surface area contributed by atoms with Gasteiger partial charge in [-0.2, -0.15) is 0 Å². The molecule has 0 radical (unpaired) electrons. The molecule has 2 N–H and O–H groups in total. The Hall–Kier alpha value is -1.46. The van der Waals surface area contributed by atoms with E-state index in [2.05, 4.69) is 16.9 Å². The summed E-state index contributed by atoms with van der Waals surface area (Å²) in [5.41, 5.74) is 7.04. The summed E-state index contributed by atoms with van der Waals surface area (Å²) in [6.07, 6.45) is 5.24. The highest BCUT2D eigenvalue weighted by molar-refractivity contribution is 5.92. The highest BCUT2D eigenvalue weighted by Crippen LogP contribution is 2.28. The van der Waals surface area contributed by atoms with Crippen LogP contribution in [-0.2, 0) is 6.54 Å². The molecule has 0 aliphatic carbocycles. The maximum absolute atomic E-state index is 12.5. The van der Waals surface area contributed by atoms with Gasteiger partial charge < -0.3 is 10.6 Å². The van der Waals surface area contributed by atoms with Gasteiger partial charge in [0.1, 0.15) is 5.69 Å². The number of likely N-dealkylation sites (tertiary alicyclic amines) is 1. The second-order valence-electron chi connectivity index (χ2n) is 5.85. The van der Waals surface area contributed by atoms with Gasteiger partial charge in [-0.05, 0) is 37.9 Å². The van der Waals surface area contributed by atoms with Crippen molar-refractivity contribution < 1.29 is 4.79 Å². The van der Waals surface area contributed by atoms with E-state index in [1.165, 1.54) is 12.8 Å². The van der Waals surface area contributed by atoms with Crippen molar-refractivity contribution in [1.29, 1.82) is 0 Å². The van der Waals surface area contributed by atoms with Gasteiger partial charge in [0.2, 0.25) is 0 Å². The van der Waals surface area contributed by atoms with Gasteiger partial charge in [-0.3, -0.25) is 14.7 Å². The van der Waals surface area contributed by atoms with Gasteiger partial charge >= 0.3 is 0 Å². The number of hydrogen-bond donors (Lipinski definition) is 1. The van der Waals surface area contributed by atoms with Crippen LogP contribution >= 0.6 is 0 Å². The van der Waals surface area contributed by atoms with Crippen LogP contribution in [0.15, 0.2) is 18.3 Å². The third kappa shape index (κ3) is 2.43. The number of carbonyl (C=O) groups is 1. The number of amides is 1. The van der Waals surface area contributed by atoms with E-state index in [1.807, 2.05) is 11.0 Å². The summed E-state index contributed by atoms with van der Waals surface area (Å²) < 4.78 is 0. The zero-order valence-electron chi connectivity index (χ0n) is 12.0. The summed E-state index contributed by atoms with van der Waals surface area (Å²) in [7, 11) is 2.19. The van der Waals surface area contributed by atoms with Crippen LogP contribution in [0, 0.1) is 0 Å². The van der Waals surface area contributed by atoms with Crippen molar-refractivity contribution in [2.75, 3.05) is 20.1 Å². The van der Waals surface area contributed by atoms with Crippen LogP contribution in [-0.4, -0.2) is 52.9 Å². The molecule has 2 aliphatic heterocycles. The molecule has 3 rings (SSSR count). The van der Waals surface area contributed by atoms with E-state index >= 15 is 0 Å². The van der Waals surface area contributed by atoms with Crippen molar-refractivity contribution in [2.24, 2.45) is 5.73 Å². The third-order valence-electron chi connectivity index (χ3n) is 4.72. The lowest BCUT2D eigenvalue weighted by atomic mass is 10.1. The maximum Gasteiger partial charge on any atom is 0.272 e. The Labute approximate surface area is 119 Å². The molecule has 2 bridgehead atoms. The van der Waals surface area contributed by atoms with Crippen LogP contribution in [0.4, 0.5) is 0 Å². The number of fused-ring (bicyclic) bond motifs is 2. The number of rotatable bonds is 2. The molecule has 3 heterocycles. The summed E-state index contributed by atoms with van der Waals surface area (Å²) in [4.78, 5) is 21.2. The number of aromatic nitrogens is 1. The molecule has 20 heavy (non-hydrogen) atoms. The Balaban J connectivity index is 1.73.